The third-order valence-corrected chi connectivity index (χ3v) is 4.47. The second-order valence-electron chi connectivity index (χ2n) is 6.92. The molecule has 0 radical (unpaired) electrons. The Morgan fingerprint density at radius 2 is 2.27 bits per heavy atom. The summed E-state index contributed by atoms with van der Waals surface area (Å²) in [5.41, 5.74) is 2.81. The minimum Gasteiger partial charge on any atom is -0.352 e. The number of benzene rings is 1. The number of hydrogen-bond donors (Lipinski definition) is 1. The number of aryl methyl sites for hydroxylation is 1. The van der Waals surface area contributed by atoms with E-state index in [1.54, 1.807) is 0 Å². The molecule has 1 aromatic heterocycles. The first kappa shape index (κ1) is 15.1. The number of amides is 1. The van der Waals surface area contributed by atoms with Crippen LogP contribution in [0.4, 0.5) is 0 Å². The number of aromatic nitrogens is 2. The summed E-state index contributed by atoms with van der Waals surface area (Å²) in [6, 6.07) is 5.88. The van der Waals surface area contributed by atoms with Gasteiger partial charge in [-0.1, -0.05) is 20.8 Å². The standard InChI is InChI=1S/C18H25N3O/c1-12(2)6-8-19-18(22)14-4-5-16-15(11-14)20-17-10-13(3)7-9-21(16)17/h4-5,11-13H,6-10H2,1-3H3,(H,19,22). The van der Waals surface area contributed by atoms with Gasteiger partial charge in [-0.2, -0.15) is 0 Å². The van der Waals surface area contributed by atoms with Crippen LogP contribution in [0.5, 0.6) is 0 Å². The molecule has 2 aromatic rings. The van der Waals surface area contributed by atoms with E-state index >= 15 is 0 Å². The first-order chi connectivity index (χ1) is 10.5. The number of hydrogen-bond acceptors (Lipinski definition) is 2. The molecule has 4 nitrogen and oxygen atoms in total. The molecule has 1 aliphatic heterocycles. The van der Waals surface area contributed by atoms with E-state index in [9.17, 15) is 4.79 Å². The van der Waals surface area contributed by atoms with E-state index < -0.39 is 0 Å². The molecule has 1 amide bonds. The van der Waals surface area contributed by atoms with Crippen LogP contribution in [0.2, 0.25) is 0 Å². The highest BCUT2D eigenvalue weighted by molar-refractivity contribution is 5.97. The van der Waals surface area contributed by atoms with Crippen molar-refractivity contribution in [1.82, 2.24) is 14.9 Å². The Morgan fingerprint density at radius 1 is 1.45 bits per heavy atom. The zero-order valence-electron chi connectivity index (χ0n) is 13.7. The van der Waals surface area contributed by atoms with Gasteiger partial charge in [-0.15, -0.1) is 0 Å². The van der Waals surface area contributed by atoms with E-state index in [1.807, 2.05) is 18.2 Å². The molecule has 0 saturated carbocycles. The molecule has 2 heterocycles. The summed E-state index contributed by atoms with van der Waals surface area (Å²) in [5.74, 6) is 2.46. The Kier molecular flexibility index (Phi) is 4.19. The first-order valence-electron chi connectivity index (χ1n) is 8.32. The number of imidazole rings is 1. The average molecular weight is 299 g/mol. The topological polar surface area (TPSA) is 46.9 Å². The predicted molar refractivity (Wildman–Crippen MR) is 89.0 cm³/mol. The second kappa shape index (κ2) is 6.11. The minimum absolute atomic E-state index is 0.00175. The molecule has 1 atom stereocenters. The average Bonchev–Trinajstić information content (AvgIpc) is 2.82. The lowest BCUT2D eigenvalue weighted by molar-refractivity contribution is 0.0952. The van der Waals surface area contributed by atoms with Gasteiger partial charge < -0.3 is 9.88 Å². The molecule has 0 fully saturated rings. The van der Waals surface area contributed by atoms with E-state index in [2.05, 4.69) is 30.7 Å². The monoisotopic (exact) mass is 299 g/mol. The lowest BCUT2D eigenvalue weighted by atomic mass is 10.0. The third kappa shape index (κ3) is 3.01. The molecular weight excluding hydrogens is 274 g/mol. The summed E-state index contributed by atoms with van der Waals surface area (Å²) >= 11 is 0. The van der Waals surface area contributed by atoms with Crippen LogP contribution in [0.25, 0.3) is 11.0 Å². The smallest absolute Gasteiger partial charge is 0.251 e. The summed E-state index contributed by atoms with van der Waals surface area (Å²) in [7, 11) is 0. The quantitative estimate of drug-likeness (QED) is 0.940. The number of rotatable bonds is 4. The van der Waals surface area contributed by atoms with E-state index in [1.165, 1.54) is 6.42 Å². The predicted octanol–water partition coefficient (Wildman–Crippen LogP) is 3.39. The van der Waals surface area contributed by atoms with Gasteiger partial charge in [0.1, 0.15) is 5.82 Å². The van der Waals surface area contributed by atoms with Crippen molar-refractivity contribution < 1.29 is 4.79 Å². The first-order valence-corrected chi connectivity index (χ1v) is 8.32. The molecule has 0 spiro atoms. The second-order valence-corrected chi connectivity index (χ2v) is 6.92. The Bertz CT molecular complexity index is 687. The fraction of sp³-hybridized carbons (Fsp3) is 0.556. The number of nitrogens with one attached hydrogen (secondary N) is 1. The van der Waals surface area contributed by atoms with Crippen LogP contribution in [0.3, 0.4) is 0 Å². The molecule has 3 rings (SSSR count). The molecule has 1 aliphatic rings. The fourth-order valence-electron chi connectivity index (χ4n) is 3.07. The highest BCUT2D eigenvalue weighted by Gasteiger charge is 2.19. The van der Waals surface area contributed by atoms with Crippen LogP contribution in [-0.2, 0) is 13.0 Å². The summed E-state index contributed by atoms with van der Waals surface area (Å²) in [5, 5.41) is 2.99. The largest absolute Gasteiger partial charge is 0.352 e. The van der Waals surface area contributed by atoms with Crippen molar-refractivity contribution in [3.63, 3.8) is 0 Å². The molecule has 0 aliphatic carbocycles. The van der Waals surface area contributed by atoms with Crippen molar-refractivity contribution in [2.45, 2.75) is 46.6 Å². The Balaban J connectivity index is 1.80. The highest BCUT2D eigenvalue weighted by Crippen LogP contribution is 2.25. The van der Waals surface area contributed by atoms with Gasteiger partial charge in [0.25, 0.3) is 5.91 Å². The van der Waals surface area contributed by atoms with E-state index in [-0.39, 0.29) is 5.91 Å². The van der Waals surface area contributed by atoms with Crippen molar-refractivity contribution in [3.8, 4) is 0 Å². The summed E-state index contributed by atoms with van der Waals surface area (Å²) in [6.07, 6.45) is 3.24. The van der Waals surface area contributed by atoms with Crippen molar-refractivity contribution in [1.29, 1.82) is 0 Å². The van der Waals surface area contributed by atoms with E-state index in [4.69, 9.17) is 4.98 Å². The maximum absolute atomic E-state index is 12.2. The SMILES string of the molecule is CC(C)CCNC(=O)c1ccc2c(c1)nc1n2CCC(C)C1. The third-order valence-electron chi connectivity index (χ3n) is 4.47. The van der Waals surface area contributed by atoms with Gasteiger partial charge in [-0.3, -0.25) is 4.79 Å². The van der Waals surface area contributed by atoms with Crippen LogP contribution >= 0.6 is 0 Å². The van der Waals surface area contributed by atoms with Gasteiger partial charge in [0.2, 0.25) is 0 Å². The molecule has 0 bridgehead atoms. The molecule has 4 heteroatoms. The van der Waals surface area contributed by atoms with Gasteiger partial charge in [-0.25, -0.2) is 4.98 Å². The van der Waals surface area contributed by atoms with Crippen molar-refractivity contribution >= 4 is 16.9 Å². The van der Waals surface area contributed by atoms with Gasteiger partial charge in [0.05, 0.1) is 11.0 Å². The van der Waals surface area contributed by atoms with Gasteiger partial charge in [-0.05, 0) is 42.9 Å². The summed E-state index contributed by atoms with van der Waals surface area (Å²) < 4.78 is 2.30. The Morgan fingerprint density at radius 3 is 3.05 bits per heavy atom. The Hall–Kier alpha value is -1.84. The maximum atomic E-state index is 12.2. The van der Waals surface area contributed by atoms with Gasteiger partial charge >= 0.3 is 0 Å². The molecule has 1 unspecified atom stereocenters. The molecule has 118 valence electrons. The zero-order valence-corrected chi connectivity index (χ0v) is 13.7. The molecule has 0 saturated heterocycles. The summed E-state index contributed by atoms with van der Waals surface area (Å²) in [6.45, 7) is 8.36. The Labute approximate surface area is 131 Å². The van der Waals surface area contributed by atoms with Crippen molar-refractivity contribution in [2.75, 3.05) is 6.54 Å². The van der Waals surface area contributed by atoms with Crippen LogP contribution < -0.4 is 5.32 Å². The molecule has 1 aromatic carbocycles. The number of carbonyl (C=O) groups excluding carboxylic acids is 1. The normalized spacial score (nSPS) is 17.7. The molecule has 22 heavy (non-hydrogen) atoms. The van der Waals surface area contributed by atoms with Gasteiger partial charge in [0.15, 0.2) is 0 Å². The number of fused-ring (bicyclic) bond motifs is 3. The lowest BCUT2D eigenvalue weighted by Gasteiger charge is -2.19. The summed E-state index contributed by atoms with van der Waals surface area (Å²) in [4.78, 5) is 17.0. The van der Waals surface area contributed by atoms with Crippen LogP contribution in [0.1, 0.15) is 49.8 Å². The van der Waals surface area contributed by atoms with Crippen LogP contribution in [0.15, 0.2) is 18.2 Å². The van der Waals surface area contributed by atoms with Crippen LogP contribution in [0, 0.1) is 11.8 Å². The number of carbonyl (C=O) groups is 1. The lowest BCUT2D eigenvalue weighted by Crippen LogP contribution is -2.25. The minimum atomic E-state index is 0.00175. The maximum Gasteiger partial charge on any atom is 0.251 e. The van der Waals surface area contributed by atoms with Crippen LogP contribution in [-0.4, -0.2) is 22.0 Å². The molecule has 1 N–H and O–H groups in total. The van der Waals surface area contributed by atoms with E-state index in [0.717, 1.165) is 42.8 Å². The number of nitrogens with zero attached hydrogens (tertiary/aromatic N) is 2. The zero-order chi connectivity index (χ0) is 15.7. The van der Waals surface area contributed by atoms with E-state index in [0.29, 0.717) is 17.4 Å². The van der Waals surface area contributed by atoms with Crippen molar-refractivity contribution in [3.05, 3.63) is 29.6 Å². The highest BCUT2D eigenvalue weighted by atomic mass is 16.1. The fourth-order valence-corrected chi connectivity index (χ4v) is 3.07. The molecular formula is C18H25N3O. The van der Waals surface area contributed by atoms with Gasteiger partial charge in [0, 0.05) is 25.1 Å². The van der Waals surface area contributed by atoms with Crippen molar-refractivity contribution in [2.24, 2.45) is 11.8 Å².